The summed E-state index contributed by atoms with van der Waals surface area (Å²) >= 11 is 5.82. The van der Waals surface area contributed by atoms with Crippen molar-refractivity contribution in [3.63, 3.8) is 0 Å². The minimum Gasteiger partial charge on any atom is -0.396 e. The van der Waals surface area contributed by atoms with Crippen molar-refractivity contribution in [3.05, 3.63) is 17.3 Å². The molecule has 1 aromatic rings. The van der Waals surface area contributed by atoms with Gasteiger partial charge in [0.15, 0.2) is 5.82 Å². The van der Waals surface area contributed by atoms with Crippen LogP contribution in [-0.4, -0.2) is 18.1 Å². The molecule has 0 aliphatic carbocycles. The molecule has 1 aliphatic heterocycles. The first-order valence-corrected chi connectivity index (χ1v) is 5.70. The molecule has 2 N–H and O–H groups in total. The third-order valence-electron chi connectivity index (χ3n) is 2.82. The third-order valence-corrected chi connectivity index (χ3v) is 3.03. The summed E-state index contributed by atoms with van der Waals surface area (Å²) < 4.78 is 0. The molecule has 2 rings (SSSR count). The summed E-state index contributed by atoms with van der Waals surface area (Å²) in [5.41, 5.74) is 6.59. The molecule has 2 heterocycles. The molecule has 4 heteroatoms. The number of pyridine rings is 1. The van der Waals surface area contributed by atoms with Crippen molar-refractivity contribution >= 4 is 23.1 Å². The first kappa shape index (κ1) is 10.6. The van der Waals surface area contributed by atoms with Crippen LogP contribution in [0.25, 0.3) is 0 Å². The van der Waals surface area contributed by atoms with Gasteiger partial charge in [0.1, 0.15) is 0 Å². The maximum absolute atomic E-state index is 5.91. The Bertz CT molecular complexity index is 354. The average Bonchev–Trinajstić information content (AvgIpc) is 2.17. The molecular weight excluding hydrogens is 210 g/mol. The number of nitrogens with zero attached hydrogens (tertiary/aromatic N) is 2. The summed E-state index contributed by atoms with van der Waals surface area (Å²) in [6, 6.07) is 1.77. The van der Waals surface area contributed by atoms with Crippen LogP contribution in [0.2, 0.25) is 5.02 Å². The van der Waals surface area contributed by atoms with E-state index in [0.717, 1.165) is 24.8 Å². The molecule has 1 fully saturated rings. The first-order valence-electron chi connectivity index (χ1n) is 5.33. The molecule has 0 saturated carbocycles. The van der Waals surface area contributed by atoms with E-state index in [1.807, 2.05) is 0 Å². The Morgan fingerprint density at radius 3 is 3.07 bits per heavy atom. The number of nitrogen functional groups attached to an aromatic ring is 1. The fourth-order valence-electron chi connectivity index (χ4n) is 2.09. The second kappa shape index (κ2) is 4.27. The predicted octanol–water partition coefficient (Wildman–Crippen LogP) is 2.55. The van der Waals surface area contributed by atoms with Crippen LogP contribution in [0.1, 0.15) is 19.8 Å². The Kier molecular flexibility index (Phi) is 3.00. The number of aromatic nitrogens is 1. The number of nitrogens with two attached hydrogens (primary N) is 1. The Hall–Kier alpha value is -0.960. The molecule has 3 nitrogen and oxygen atoms in total. The van der Waals surface area contributed by atoms with Crippen molar-refractivity contribution in [3.8, 4) is 0 Å². The van der Waals surface area contributed by atoms with Crippen LogP contribution in [0.5, 0.6) is 0 Å². The fraction of sp³-hybridized carbons (Fsp3) is 0.545. The third kappa shape index (κ3) is 2.34. The van der Waals surface area contributed by atoms with Crippen LogP contribution < -0.4 is 10.6 Å². The smallest absolute Gasteiger partial charge is 0.151 e. The standard InChI is InChI=1S/C11H16ClN3/c1-8-3-2-4-15(7-8)11-10(13)5-9(12)6-14-11/h5-6,8H,2-4,7,13H2,1H3. The lowest BCUT2D eigenvalue weighted by atomic mass is 10.0. The van der Waals surface area contributed by atoms with Crippen LogP contribution in [0.3, 0.4) is 0 Å². The predicted molar refractivity (Wildman–Crippen MR) is 64.3 cm³/mol. The molecule has 1 saturated heterocycles. The van der Waals surface area contributed by atoms with Gasteiger partial charge in [-0.15, -0.1) is 0 Å². The van der Waals surface area contributed by atoms with Crippen molar-refractivity contribution in [1.29, 1.82) is 0 Å². The number of hydrogen-bond acceptors (Lipinski definition) is 3. The number of anilines is 2. The lowest BCUT2D eigenvalue weighted by Gasteiger charge is -2.32. The van der Waals surface area contributed by atoms with Crippen LogP contribution in [0.4, 0.5) is 11.5 Å². The Morgan fingerprint density at radius 2 is 2.40 bits per heavy atom. The van der Waals surface area contributed by atoms with Gasteiger partial charge in [-0.05, 0) is 24.8 Å². The normalized spacial score (nSPS) is 21.7. The molecule has 1 unspecified atom stereocenters. The molecule has 15 heavy (non-hydrogen) atoms. The zero-order valence-corrected chi connectivity index (χ0v) is 9.67. The van der Waals surface area contributed by atoms with Gasteiger partial charge in [0, 0.05) is 19.3 Å². The van der Waals surface area contributed by atoms with Crippen LogP contribution >= 0.6 is 11.6 Å². The highest BCUT2D eigenvalue weighted by atomic mass is 35.5. The Morgan fingerprint density at radius 1 is 1.60 bits per heavy atom. The second-order valence-electron chi connectivity index (χ2n) is 4.26. The molecule has 0 aromatic carbocycles. The van der Waals surface area contributed by atoms with Crippen molar-refractivity contribution in [2.24, 2.45) is 5.92 Å². The Labute approximate surface area is 95.2 Å². The SMILES string of the molecule is CC1CCCN(c2ncc(Cl)cc2N)C1. The first-order chi connectivity index (χ1) is 7.16. The van der Waals surface area contributed by atoms with Crippen LogP contribution in [0.15, 0.2) is 12.3 Å². The van der Waals surface area contributed by atoms with Crippen molar-refractivity contribution in [1.82, 2.24) is 4.98 Å². The molecule has 0 amide bonds. The second-order valence-corrected chi connectivity index (χ2v) is 4.70. The van der Waals surface area contributed by atoms with E-state index < -0.39 is 0 Å². The van der Waals surface area contributed by atoms with E-state index in [9.17, 15) is 0 Å². The maximum Gasteiger partial charge on any atom is 0.151 e. The molecule has 1 atom stereocenters. The largest absolute Gasteiger partial charge is 0.396 e. The zero-order chi connectivity index (χ0) is 10.8. The summed E-state index contributed by atoms with van der Waals surface area (Å²) in [7, 11) is 0. The number of piperidine rings is 1. The number of rotatable bonds is 1. The van der Waals surface area contributed by atoms with Gasteiger partial charge >= 0.3 is 0 Å². The van der Waals surface area contributed by atoms with Gasteiger partial charge in [-0.2, -0.15) is 0 Å². The van der Waals surface area contributed by atoms with Gasteiger partial charge in [0.05, 0.1) is 10.7 Å². The van der Waals surface area contributed by atoms with Gasteiger partial charge in [-0.1, -0.05) is 18.5 Å². The van der Waals surface area contributed by atoms with E-state index in [0.29, 0.717) is 10.7 Å². The van der Waals surface area contributed by atoms with Gasteiger partial charge < -0.3 is 10.6 Å². The monoisotopic (exact) mass is 225 g/mol. The lowest BCUT2D eigenvalue weighted by Crippen LogP contribution is -2.35. The van der Waals surface area contributed by atoms with Gasteiger partial charge in [-0.3, -0.25) is 0 Å². The van der Waals surface area contributed by atoms with Crippen LogP contribution in [0, 0.1) is 5.92 Å². The van der Waals surface area contributed by atoms with E-state index >= 15 is 0 Å². The summed E-state index contributed by atoms with van der Waals surface area (Å²) in [5, 5.41) is 0.598. The highest BCUT2D eigenvalue weighted by Gasteiger charge is 2.19. The van der Waals surface area contributed by atoms with E-state index in [-0.39, 0.29) is 0 Å². The quantitative estimate of drug-likeness (QED) is 0.799. The molecule has 0 bridgehead atoms. The summed E-state index contributed by atoms with van der Waals surface area (Å²) in [6.07, 6.45) is 4.17. The highest BCUT2D eigenvalue weighted by molar-refractivity contribution is 6.30. The molecule has 1 aliphatic rings. The molecule has 0 spiro atoms. The molecule has 0 radical (unpaired) electrons. The van der Waals surface area contributed by atoms with Crippen molar-refractivity contribution in [2.45, 2.75) is 19.8 Å². The number of halogens is 1. The van der Waals surface area contributed by atoms with Gasteiger partial charge in [0.2, 0.25) is 0 Å². The summed E-state index contributed by atoms with van der Waals surface area (Å²) in [6.45, 7) is 4.35. The van der Waals surface area contributed by atoms with E-state index in [1.165, 1.54) is 12.8 Å². The van der Waals surface area contributed by atoms with Gasteiger partial charge in [-0.25, -0.2) is 4.98 Å². The zero-order valence-electron chi connectivity index (χ0n) is 8.91. The maximum atomic E-state index is 5.91. The Balaban J connectivity index is 2.21. The van der Waals surface area contributed by atoms with E-state index in [2.05, 4.69) is 16.8 Å². The fourth-order valence-corrected chi connectivity index (χ4v) is 2.26. The molecule has 1 aromatic heterocycles. The highest BCUT2D eigenvalue weighted by Crippen LogP contribution is 2.27. The van der Waals surface area contributed by atoms with Gasteiger partial charge in [0.25, 0.3) is 0 Å². The summed E-state index contributed by atoms with van der Waals surface area (Å²) in [5.74, 6) is 1.60. The molecular formula is C11H16ClN3. The topological polar surface area (TPSA) is 42.2 Å². The number of hydrogen-bond donors (Lipinski definition) is 1. The van der Waals surface area contributed by atoms with Crippen molar-refractivity contribution < 1.29 is 0 Å². The summed E-state index contributed by atoms with van der Waals surface area (Å²) in [4.78, 5) is 6.55. The van der Waals surface area contributed by atoms with Crippen LogP contribution in [-0.2, 0) is 0 Å². The average molecular weight is 226 g/mol. The lowest BCUT2D eigenvalue weighted by molar-refractivity contribution is 0.445. The van der Waals surface area contributed by atoms with E-state index in [1.54, 1.807) is 12.3 Å². The van der Waals surface area contributed by atoms with Crippen molar-refractivity contribution in [2.75, 3.05) is 23.7 Å². The minimum atomic E-state index is 0.598. The molecule has 82 valence electrons. The minimum absolute atomic E-state index is 0.598. The van der Waals surface area contributed by atoms with E-state index in [4.69, 9.17) is 17.3 Å².